The maximum atomic E-state index is 4.23. The number of rotatable bonds is 7. The summed E-state index contributed by atoms with van der Waals surface area (Å²) in [5.74, 6) is 1.99. The van der Waals surface area contributed by atoms with Crippen molar-refractivity contribution < 1.29 is 0 Å². The zero-order valence-electron chi connectivity index (χ0n) is 8.84. The third kappa shape index (κ3) is 4.62. The first kappa shape index (κ1) is 11.5. The van der Waals surface area contributed by atoms with Gasteiger partial charge in [-0.2, -0.15) is 0 Å². The molecule has 0 aliphatic rings. The van der Waals surface area contributed by atoms with Crippen LogP contribution in [-0.2, 0) is 0 Å². The molecule has 1 aromatic heterocycles. The van der Waals surface area contributed by atoms with Gasteiger partial charge in [0.15, 0.2) is 0 Å². The summed E-state index contributed by atoms with van der Waals surface area (Å²) in [6.45, 7) is 6.23. The van der Waals surface area contributed by atoms with Crippen molar-refractivity contribution >= 4 is 11.8 Å². The number of unbranched alkanes of at least 4 members (excludes halogenated alkanes) is 1. The van der Waals surface area contributed by atoms with Gasteiger partial charge in [-0.1, -0.05) is 18.7 Å². The summed E-state index contributed by atoms with van der Waals surface area (Å²) < 4.78 is 0. The lowest BCUT2D eigenvalue weighted by Gasteiger charge is -1.99. The molecule has 0 aliphatic heterocycles. The first-order valence-electron chi connectivity index (χ1n) is 5.05. The number of H-pyrrole nitrogens is 1. The Morgan fingerprint density at radius 2 is 2.29 bits per heavy atom. The Bertz CT molecular complexity index is 249. The molecule has 1 aromatic rings. The third-order valence-electron chi connectivity index (χ3n) is 1.81. The molecule has 0 unspecified atom stereocenters. The van der Waals surface area contributed by atoms with E-state index < -0.39 is 0 Å². The van der Waals surface area contributed by atoms with Gasteiger partial charge in [-0.05, 0) is 32.9 Å². The van der Waals surface area contributed by atoms with Crippen LogP contribution >= 0.6 is 11.8 Å². The number of thioether (sulfide) groups is 1. The predicted molar refractivity (Wildman–Crippen MR) is 59.6 cm³/mol. The Kier molecular flexibility index (Phi) is 5.63. The van der Waals surface area contributed by atoms with Crippen LogP contribution in [0.25, 0.3) is 0 Å². The lowest BCUT2D eigenvalue weighted by molar-refractivity contribution is 0.666. The molecule has 0 radical (unpaired) electrons. The molecule has 0 bridgehead atoms. The first-order valence-corrected chi connectivity index (χ1v) is 6.04. The summed E-state index contributed by atoms with van der Waals surface area (Å²) in [5, 5.41) is 11.1. The van der Waals surface area contributed by atoms with Crippen LogP contribution in [0.3, 0.4) is 0 Å². The van der Waals surface area contributed by atoms with Crippen molar-refractivity contribution in [3.8, 4) is 0 Å². The van der Waals surface area contributed by atoms with Gasteiger partial charge in [0.1, 0.15) is 5.82 Å². The van der Waals surface area contributed by atoms with Crippen LogP contribution in [0.5, 0.6) is 0 Å². The molecule has 0 aromatic carbocycles. The number of aryl methyl sites for hydroxylation is 1. The van der Waals surface area contributed by atoms with Gasteiger partial charge in [0.2, 0.25) is 5.16 Å². The summed E-state index contributed by atoms with van der Waals surface area (Å²) in [6.07, 6.45) is 2.44. The number of aromatic amines is 1. The van der Waals surface area contributed by atoms with Gasteiger partial charge in [-0.3, -0.25) is 5.10 Å². The monoisotopic (exact) mass is 214 g/mol. The average Bonchev–Trinajstić information content (AvgIpc) is 2.58. The van der Waals surface area contributed by atoms with E-state index in [0.717, 1.165) is 29.8 Å². The number of hydrogen-bond donors (Lipinski definition) is 2. The van der Waals surface area contributed by atoms with Gasteiger partial charge in [0.05, 0.1) is 0 Å². The Morgan fingerprint density at radius 3 is 2.93 bits per heavy atom. The van der Waals surface area contributed by atoms with Gasteiger partial charge in [-0.25, -0.2) is 4.98 Å². The normalized spacial score (nSPS) is 10.7. The fraction of sp³-hybridized carbons (Fsp3) is 0.778. The molecule has 1 heterocycles. The summed E-state index contributed by atoms with van der Waals surface area (Å²) in [7, 11) is 0. The highest BCUT2D eigenvalue weighted by atomic mass is 32.2. The van der Waals surface area contributed by atoms with Gasteiger partial charge >= 0.3 is 0 Å². The molecule has 0 aliphatic carbocycles. The highest BCUT2D eigenvalue weighted by Gasteiger charge is 1.99. The van der Waals surface area contributed by atoms with Crippen molar-refractivity contribution in [2.75, 3.05) is 18.8 Å². The Labute approximate surface area is 89.3 Å². The molecular formula is C9H18N4S. The van der Waals surface area contributed by atoms with Crippen LogP contribution < -0.4 is 5.32 Å². The largest absolute Gasteiger partial charge is 0.317 e. The molecule has 0 spiro atoms. The molecule has 0 fully saturated rings. The SMILES string of the molecule is CCNCCCCSc1n[nH]c(C)n1. The van der Waals surface area contributed by atoms with Crippen LogP contribution in [0.15, 0.2) is 5.16 Å². The van der Waals surface area contributed by atoms with E-state index in [4.69, 9.17) is 0 Å². The lowest BCUT2D eigenvalue weighted by atomic mass is 10.3. The number of aromatic nitrogens is 3. The highest BCUT2D eigenvalue weighted by Crippen LogP contribution is 2.13. The molecule has 1 rings (SSSR count). The van der Waals surface area contributed by atoms with Crippen LogP contribution in [0, 0.1) is 6.92 Å². The zero-order valence-corrected chi connectivity index (χ0v) is 9.65. The fourth-order valence-corrected chi connectivity index (χ4v) is 1.92. The third-order valence-corrected chi connectivity index (χ3v) is 2.74. The molecule has 14 heavy (non-hydrogen) atoms. The van der Waals surface area contributed by atoms with E-state index in [9.17, 15) is 0 Å². The smallest absolute Gasteiger partial charge is 0.208 e. The second-order valence-corrected chi connectivity index (χ2v) is 4.17. The molecule has 80 valence electrons. The van der Waals surface area contributed by atoms with Crippen molar-refractivity contribution in [1.82, 2.24) is 20.5 Å². The van der Waals surface area contributed by atoms with Crippen molar-refractivity contribution in [2.45, 2.75) is 31.8 Å². The standard InChI is InChI=1S/C9H18N4S/c1-3-10-6-4-5-7-14-9-11-8(2)12-13-9/h10H,3-7H2,1-2H3,(H,11,12,13). The van der Waals surface area contributed by atoms with Crippen LogP contribution in [-0.4, -0.2) is 34.0 Å². The molecule has 0 saturated heterocycles. The van der Waals surface area contributed by atoms with Crippen LogP contribution in [0.1, 0.15) is 25.6 Å². The van der Waals surface area contributed by atoms with Crippen molar-refractivity contribution in [2.24, 2.45) is 0 Å². The first-order chi connectivity index (χ1) is 6.83. The summed E-state index contributed by atoms with van der Waals surface area (Å²) in [4.78, 5) is 4.23. The number of hydrogen-bond acceptors (Lipinski definition) is 4. The van der Waals surface area contributed by atoms with E-state index in [1.54, 1.807) is 11.8 Å². The van der Waals surface area contributed by atoms with Crippen molar-refractivity contribution in [1.29, 1.82) is 0 Å². The quantitative estimate of drug-likeness (QED) is 0.534. The van der Waals surface area contributed by atoms with Gasteiger partial charge in [0, 0.05) is 5.75 Å². The Balaban J connectivity index is 1.99. The minimum Gasteiger partial charge on any atom is -0.317 e. The zero-order chi connectivity index (χ0) is 10.2. The molecule has 5 heteroatoms. The summed E-state index contributed by atoms with van der Waals surface area (Å²) >= 11 is 1.72. The summed E-state index contributed by atoms with van der Waals surface area (Å²) in [5.41, 5.74) is 0. The second kappa shape index (κ2) is 6.84. The van der Waals surface area contributed by atoms with E-state index in [1.807, 2.05) is 6.92 Å². The van der Waals surface area contributed by atoms with Gasteiger partial charge in [-0.15, -0.1) is 5.10 Å². The minimum atomic E-state index is 0.867. The van der Waals surface area contributed by atoms with E-state index >= 15 is 0 Å². The molecule has 4 nitrogen and oxygen atoms in total. The van der Waals surface area contributed by atoms with E-state index in [2.05, 4.69) is 27.4 Å². The molecular weight excluding hydrogens is 196 g/mol. The minimum absolute atomic E-state index is 0.867. The van der Waals surface area contributed by atoms with E-state index in [0.29, 0.717) is 0 Å². The maximum Gasteiger partial charge on any atom is 0.208 e. The topological polar surface area (TPSA) is 53.6 Å². The lowest BCUT2D eigenvalue weighted by Crippen LogP contribution is -2.13. The Morgan fingerprint density at radius 1 is 1.43 bits per heavy atom. The number of nitrogens with one attached hydrogen (secondary N) is 2. The predicted octanol–water partition coefficient (Wildman–Crippen LogP) is 1.59. The maximum absolute atomic E-state index is 4.23. The molecule has 0 saturated carbocycles. The van der Waals surface area contributed by atoms with Crippen molar-refractivity contribution in [3.63, 3.8) is 0 Å². The molecule has 0 atom stereocenters. The van der Waals surface area contributed by atoms with Gasteiger partial charge in [0.25, 0.3) is 0 Å². The van der Waals surface area contributed by atoms with Crippen molar-refractivity contribution in [3.05, 3.63) is 5.82 Å². The second-order valence-electron chi connectivity index (χ2n) is 3.11. The molecule has 0 amide bonds. The fourth-order valence-electron chi connectivity index (χ4n) is 1.08. The van der Waals surface area contributed by atoms with Crippen LogP contribution in [0.4, 0.5) is 0 Å². The average molecular weight is 214 g/mol. The van der Waals surface area contributed by atoms with E-state index in [1.165, 1.54) is 12.8 Å². The Hall–Kier alpha value is -0.550. The highest BCUT2D eigenvalue weighted by molar-refractivity contribution is 7.99. The van der Waals surface area contributed by atoms with Crippen LogP contribution in [0.2, 0.25) is 0 Å². The van der Waals surface area contributed by atoms with E-state index in [-0.39, 0.29) is 0 Å². The molecule has 2 N–H and O–H groups in total. The number of nitrogens with zero attached hydrogens (tertiary/aromatic N) is 2. The summed E-state index contributed by atoms with van der Waals surface area (Å²) in [6, 6.07) is 0. The van der Waals surface area contributed by atoms with Gasteiger partial charge < -0.3 is 5.32 Å².